The van der Waals surface area contributed by atoms with Crippen LogP contribution in [0.1, 0.15) is 29.5 Å². The van der Waals surface area contributed by atoms with E-state index in [0.29, 0.717) is 0 Å². The van der Waals surface area contributed by atoms with Crippen LogP contribution in [-0.4, -0.2) is 52.1 Å². The molecule has 1 aliphatic heterocycles. The number of aliphatic hydroxyl groups is 1. The molecule has 158 valence electrons. The van der Waals surface area contributed by atoms with Gasteiger partial charge in [-0.1, -0.05) is 41.5 Å². The standard InChI is InChI=1S/C25H32N4O/c1-19-8-10-23(11-9-19)29-17-22(25(27-29)21-6-3-5-20(2)15-21)16-26-12-14-28-13-4-7-24(30)18-28/h3,5-6,8-11,15,17,24,26,30H,4,7,12-14,16,18H2,1-2H3. The summed E-state index contributed by atoms with van der Waals surface area (Å²) < 4.78 is 1.98. The van der Waals surface area contributed by atoms with E-state index in [2.05, 4.69) is 78.8 Å². The Balaban J connectivity index is 1.49. The van der Waals surface area contributed by atoms with E-state index in [1.807, 2.05) is 4.68 Å². The molecule has 0 saturated carbocycles. The van der Waals surface area contributed by atoms with Gasteiger partial charge in [0.2, 0.25) is 0 Å². The highest BCUT2D eigenvalue weighted by Gasteiger charge is 2.17. The van der Waals surface area contributed by atoms with Crippen molar-refractivity contribution in [2.24, 2.45) is 0 Å². The Morgan fingerprint density at radius 2 is 1.93 bits per heavy atom. The van der Waals surface area contributed by atoms with E-state index in [1.54, 1.807) is 0 Å². The Morgan fingerprint density at radius 3 is 2.70 bits per heavy atom. The molecule has 1 saturated heterocycles. The smallest absolute Gasteiger partial charge is 0.0972 e. The summed E-state index contributed by atoms with van der Waals surface area (Å²) in [4.78, 5) is 2.35. The quantitative estimate of drug-likeness (QED) is 0.590. The summed E-state index contributed by atoms with van der Waals surface area (Å²) in [6, 6.07) is 17.0. The lowest BCUT2D eigenvalue weighted by Crippen LogP contribution is -2.41. The second-order valence-electron chi connectivity index (χ2n) is 8.43. The molecule has 4 rings (SSSR count). The van der Waals surface area contributed by atoms with Crippen LogP contribution in [0, 0.1) is 13.8 Å². The summed E-state index contributed by atoms with van der Waals surface area (Å²) in [6.45, 7) is 8.72. The van der Waals surface area contributed by atoms with E-state index in [-0.39, 0.29) is 6.10 Å². The van der Waals surface area contributed by atoms with Crippen molar-refractivity contribution in [2.75, 3.05) is 26.2 Å². The molecule has 2 heterocycles. The van der Waals surface area contributed by atoms with Gasteiger partial charge in [-0.2, -0.15) is 5.10 Å². The van der Waals surface area contributed by atoms with Gasteiger partial charge in [-0.15, -0.1) is 0 Å². The number of aromatic nitrogens is 2. The van der Waals surface area contributed by atoms with Gasteiger partial charge >= 0.3 is 0 Å². The summed E-state index contributed by atoms with van der Waals surface area (Å²) in [5, 5.41) is 18.4. The Morgan fingerprint density at radius 1 is 1.10 bits per heavy atom. The molecule has 1 atom stereocenters. The monoisotopic (exact) mass is 404 g/mol. The first-order valence-electron chi connectivity index (χ1n) is 10.9. The van der Waals surface area contributed by atoms with Gasteiger partial charge in [0.15, 0.2) is 0 Å². The summed E-state index contributed by atoms with van der Waals surface area (Å²) >= 11 is 0. The lowest BCUT2D eigenvalue weighted by atomic mass is 10.1. The molecule has 2 aromatic carbocycles. The Kier molecular flexibility index (Phi) is 6.62. The molecule has 0 amide bonds. The average Bonchev–Trinajstić information content (AvgIpc) is 3.16. The normalized spacial score (nSPS) is 17.4. The highest BCUT2D eigenvalue weighted by Crippen LogP contribution is 2.25. The zero-order valence-electron chi connectivity index (χ0n) is 18.0. The zero-order chi connectivity index (χ0) is 20.9. The van der Waals surface area contributed by atoms with Crippen molar-refractivity contribution in [2.45, 2.75) is 39.3 Å². The minimum absolute atomic E-state index is 0.167. The molecule has 0 spiro atoms. The van der Waals surface area contributed by atoms with Gasteiger partial charge in [-0.3, -0.25) is 4.90 Å². The molecular formula is C25H32N4O. The number of nitrogens with zero attached hydrogens (tertiary/aromatic N) is 3. The molecule has 30 heavy (non-hydrogen) atoms. The molecule has 0 aliphatic carbocycles. The van der Waals surface area contributed by atoms with E-state index in [9.17, 15) is 5.11 Å². The molecular weight excluding hydrogens is 372 g/mol. The van der Waals surface area contributed by atoms with Crippen LogP contribution in [0.4, 0.5) is 0 Å². The van der Waals surface area contributed by atoms with Gasteiger partial charge in [0, 0.05) is 43.5 Å². The molecule has 1 fully saturated rings. The molecule has 1 aromatic heterocycles. The second-order valence-corrected chi connectivity index (χ2v) is 8.43. The van der Waals surface area contributed by atoms with Crippen LogP contribution in [0.15, 0.2) is 54.7 Å². The fourth-order valence-corrected chi connectivity index (χ4v) is 4.10. The van der Waals surface area contributed by atoms with E-state index in [0.717, 1.165) is 62.5 Å². The summed E-state index contributed by atoms with van der Waals surface area (Å²) in [6.07, 6.45) is 3.99. The highest BCUT2D eigenvalue weighted by atomic mass is 16.3. The van der Waals surface area contributed by atoms with Crippen molar-refractivity contribution < 1.29 is 5.11 Å². The molecule has 1 unspecified atom stereocenters. The van der Waals surface area contributed by atoms with Gasteiger partial charge in [0.05, 0.1) is 17.5 Å². The number of aryl methyl sites for hydroxylation is 2. The first-order valence-corrected chi connectivity index (χ1v) is 10.9. The Bertz CT molecular complexity index is 964. The van der Waals surface area contributed by atoms with Crippen LogP contribution >= 0.6 is 0 Å². The zero-order valence-corrected chi connectivity index (χ0v) is 18.0. The van der Waals surface area contributed by atoms with Gasteiger partial charge in [0.1, 0.15) is 0 Å². The maximum atomic E-state index is 9.85. The SMILES string of the molecule is Cc1ccc(-n2cc(CNCCN3CCCC(O)C3)c(-c3cccc(C)c3)n2)cc1. The van der Waals surface area contributed by atoms with Crippen LogP contribution in [0.3, 0.4) is 0 Å². The molecule has 0 radical (unpaired) electrons. The summed E-state index contributed by atoms with van der Waals surface area (Å²) in [5.74, 6) is 0. The van der Waals surface area contributed by atoms with Crippen molar-refractivity contribution in [1.82, 2.24) is 20.0 Å². The average molecular weight is 405 g/mol. The van der Waals surface area contributed by atoms with E-state index in [4.69, 9.17) is 5.10 Å². The van der Waals surface area contributed by atoms with E-state index < -0.39 is 0 Å². The number of nitrogens with one attached hydrogen (secondary N) is 1. The molecule has 5 nitrogen and oxygen atoms in total. The van der Waals surface area contributed by atoms with Crippen molar-refractivity contribution in [1.29, 1.82) is 0 Å². The lowest BCUT2D eigenvalue weighted by Gasteiger charge is -2.29. The number of rotatable bonds is 7. The number of β-amino-alcohol motifs (C(OH)–C–C–N with tert-alkyl or cyclic N) is 1. The largest absolute Gasteiger partial charge is 0.392 e. The van der Waals surface area contributed by atoms with Crippen molar-refractivity contribution in [3.05, 3.63) is 71.4 Å². The van der Waals surface area contributed by atoms with Gasteiger partial charge in [-0.25, -0.2) is 4.68 Å². The number of likely N-dealkylation sites (tertiary alicyclic amines) is 1. The van der Waals surface area contributed by atoms with Gasteiger partial charge in [-0.05, 0) is 51.4 Å². The van der Waals surface area contributed by atoms with Crippen LogP contribution in [0.25, 0.3) is 16.9 Å². The van der Waals surface area contributed by atoms with Gasteiger partial charge < -0.3 is 10.4 Å². The van der Waals surface area contributed by atoms with Crippen molar-refractivity contribution >= 4 is 0 Å². The number of aliphatic hydroxyl groups excluding tert-OH is 1. The third-order valence-electron chi connectivity index (χ3n) is 5.78. The third-order valence-corrected chi connectivity index (χ3v) is 5.78. The van der Waals surface area contributed by atoms with E-state index >= 15 is 0 Å². The summed E-state index contributed by atoms with van der Waals surface area (Å²) in [7, 11) is 0. The predicted molar refractivity (Wildman–Crippen MR) is 122 cm³/mol. The third kappa shape index (κ3) is 5.17. The summed E-state index contributed by atoms with van der Waals surface area (Å²) in [5.41, 5.74) is 6.93. The fraction of sp³-hybridized carbons (Fsp3) is 0.400. The number of hydrogen-bond donors (Lipinski definition) is 2. The minimum atomic E-state index is -0.167. The first-order chi connectivity index (χ1) is 14.6. The first kappa shape index (κ1) is 20.8. The second kappa shape index (κ2) is 9.56. The number of piperidine rings is 1. The van der Waals surface area contributed by atoms with E-state index in [1.165, 1.54) is 16.7 Å². The minimum Gasteiger partial charge on any atom is -0.392 e. The maximum Gasteiger partial charge on any atom is 0.0972 e. The fourth-order valence-electron chi connectivity index (χ4n) is 4.10. The maximum absolute atomic E-state index is 9.85. The van der Waals surface area contributed by atoms with Crippen LogP contribution < -0.4 is 5.32 Å². The van der Waals surface area contributed by atoms with Crippen LogP contribution in [-0.2, 0) is 6.54 Å². The van der Waals surface area contributed by atoms with Crippen molar-refractivity contribution in [3.8, 4) is 16.9 Å². The molecule has 5 heteroatoms. The number of benzene rings is 2. The molecule has 0 bridgehead atoms. The van der Waals surface area contributed by atoms with Gasteiger partial charge in [0.25, 0.3) is 0 Å². The molecule has 1 aliphatic rings. The molecule has 3 aromatic rings. The van der Waals surface area contributed by atoms with Crippen molar-refractivity contribution in [3.63, 3.8) is 0 Å². The predicted octanol–water partition coefficient (Wildman–Crippen LogP) is 3.70. The van der Waals surface area contributed by atoms with Crippen LogP contribution in [0.5, 0.6) is 0 Å². The number of hydrogen-bond acceptors (Lipinski definition) is 4. The Hall–Kier alpha value is -2.47. The Labute approximate surface area is 179 Å². The highest BCUT2D eigenvalue weighted by molar-refractivity contribution is 5.64. The topological polar surface area (TPSA) is 53.3 Å². The molecule has 2 N–H and O–H groups in total. The lowest BCUT2D eigenvalue weighted by molar-refractivity contribution is 0.0712. The van der Waals surface area contributed by atoms with Crippen LogP contribution in [0.2, 0.25) is 0 Å².